The van der Waals surface area contributed by atoms with Gasteiger partial charge in [0.25, 0.3) is 10.2 Å². The van der Waals surface area contributed by atoms with Gasteiger partial charge in [-0.1, -0.05) is 0 Å². The van der Waals surface area contributed by atoms with Crippen LogP contribution in [0.4, 0.5) is 5.82 Å². The fourth-order valence-corrected chi connectivity index (χ4v) is 5.32. The molecule has 0 bridgehead atoms. The third-order valence-electron chi connectivity index (χ3n) is 6.03. The first-order valence-corrected chi connectivity index (χ1v) is 11.5. The molecule has 4 rings (SSSR count). The van der Waals surface area contributed by atoms with Gasteiger partial charge in [0.2, 0.25) is 5.91 Å². The number of amides is 1. The zero-order valence-corrected chi connectivity index (χ0v) is 17.7. The highest BCUT2D eigenvalue weighted by Crippen LogP contribution is 2.36. The van der Waals surface area contributed by atoms with Crippen molar-refractivity contribution in [2.75, 3.05) is 38.6 Å². The fourth-order valence-electron chi connectivity index (χ4n) is 4.13. The quantitative estimate of drug-likeness (QED) is 0.738. The molecule has 28 heavy (non-hydrogen) atoms. The minimum Gasteiger partial charge on any atom is -0.296 e. The van der Waals surface area contributed by atoms with Gasteiger partial charge in [-0.2, -0.15) is 17.0 Å². The van der Waals surface area contributed by atoms with Gasteiger partial charge in [-0.15, -0.1) is 0 Å². The zero-order chi connectivity index (χ0) is 20.1. The molecule has 0 radical (unpaired) electrons. The SMILES string of the molecule is Cc1nc([C@@H]2CCCN(S(=O)(=O)N(C)C)C2)nc2c1CCC(=O)N2CC1CC1. The number of anilines is 1. The van der Waals surface area contributed by atoms with Gasteiger partial charge >= 0.3 is 0 Å². The first kappa shape index (κ1) is 19.7. The van der Waals surface area contributed by atoms with Crippen molar-refractivity contribution in [2.45, 2.75) is 51.4 Å². The van der Waals surface area contributed by atoms with E-state index in [1.165, 1.54) is 21.5 Å². The van der Waals surface area contributed by atoms with Crippen LogP contribution in [0, 0.1) is 12.8 Å². The molecular formula is C19H29N5O3S. The third kappa shape index (κ3) is 3.67. The summed E-state index contributed by atoms with van der Waals surface area (Å²) in [5.41, 5.74) is 1.98. The summed E-state index contributed by atoms with van der Waals surface area (Å²) in [6.45, 7) is 3.63. The monoisotopic (exact) mass is 407 g/mol. The van der Waals surface area contributed by atoms with Crippen molar-refractivity contribution in [3.8, 4) is 0 Å². The largest absolute Gasteiger partial charge is 0.296 e. The third-order valence-corrected chi connectivity index (χ3v) is 7.94. The smallest absolute Gasteiger partial charge is 0.281 e. The van der Waals surface area contributed by atoms with Crippen molar-refractivity contribution in [2.24, 2.45) is 5.92 Å². The average Bonchev–Trinajstić information content (AvgIpc) is 3.48. The zero-order valence-electron chi connectivity index (χ0n) is 16.9. The number of rotatable bonds is 5. The molecule has 1 saturated heterocycles. The van der Waals surface area contributed by atoms with Crippen LogP contribution in [0.5, 0.6) is 0 Å². The van der Waals surface area contributed by atoms with Gasteiger partial charge in [0.15, 0.2) is 0 Å². The average molecular weight is 408 g/mol. The highest BCUT2D eigenvalue weighted by molar-refractivity contribution is 7.86. The Balaban J connectivity index is 1.64. The summed E-state index contributed by atoms with van der Waals surface area (Å²) >= 11 is 0. The van der Waals surface area contributed by atoms with Crippen LogP contribution in [0.15, 0.2) is 0 Å². The van der Waals surface area contributed by atoms with Gasteiger partial charge in [0.05, 0.1) is 0 Å². The first-order valence-electron chi connectivity index (χ1n) is 10.1. The summed E-state index contributed by atoms with van der Waals surface area (Å²) in [5.74, 6) is 2.11. The Kier molecular flexibility index (Phi) is 5.18. The highest BCUT2D eigenvalue weighted by atomic mass is 32.2. The molecule has 1 aliphatic carbocycles. The van der Waals surface area contributed by atoms with Crippen molar-refractivity contribution in [3.05, 3.63) is 17.1 Å². The van der Waals surface area contributed by atoms with E-state index in [4.69, 9.17) is 9.97 Å². The number of aryl methyl sites for hydroxylation is 1. The Bertz CT molecular complexity index is 882. The molecule has 1 amide bonds. The van der Waals surface area contributed by atoms with E-state index in [0.29, 0.717) is 37.7 Å². The molecule has 3 heterocycles. The van der Waals surface area contributed by atoms with Gasteiger partial charge < -0.3 is 0 Å². The number of hydrogen-bond donors (Lipinski definition) is 0. The van der Waals surface area contributed by atoms with Crippen LogP contribution in [0.25, 0.3) is 0 Å². The minimum absolute atomic E-state index is 0.0488. The maximum Gasteiger partial charge on any atom is 0.281 e. The number of carbonyl (C=O) groups is 1. The fraction of sp³-hybridized carbons (Fsp3) is 0.737. The molecule has 0 aromatic carbocycles. The van der Waals surface area contributed by atoms with E-state index in [1.807, 2.05) is 11.8 Å². The molecule has 3 aliphatic rings. The molecular weight excluding hydrogens is 378 g/mol. The molecule has 1 aromatic heterocycles. The predicted molar refractivity (Wildman–Crippen MR) is 106 cm³/mol. The molecule has 154 valence electrons. The molecule has 0 unspecified atom stereocenters. The van der Waals surface area contributed by atoms with E-state index in [1.54, 1.807) is 14.1 Å². The molecule has 1 atom stereocenters. The van der Waals surface area contributed by atoms with Crippen molar-refractivity contribution >= 4 is 21.9 Å². The molecule has 1 aromatic rings. The van der Waals surface area contributed by atoms with Crippen LogP contribution in [0.1, 0.15) is 55.1 Å². The number of hydrogen-bond acceptors (Lipinski definition) is 5. The molecule has 2 fully saturated rings. The van der Waals surface area contributed by atoms with Crippen LogP contribution >= 0.6 is 0 Å². The maximum atomic E-state index is 12.6. The van der Waals surface area contributed by atoms with Gasteiger partial charge in [-0.05, 0) is 44.9 Å². The number of nitrogens with zero attached hydrogens (tertiary/aromatic N) is 5. The van der Waals surface area contributed by atoms with Crippen LogP contribution in [0.3, 0.4) is 0 Å². The second kappa shape index (κ2) is 7.35. The Morgan fingerprint density at radius 2 is 1.89 bits per heavy atom. The van der Waals surface area contributed by atoms with Crippen LogP contribution < -0.4 is 4.90 Å². The summed E-state index contributed by atoms with van der Waals surface area (Å²) in [6.07, 6.45) is 5.19. The lowest BCUT2D eigenvalue weighted by Crippen LogP contribution is -2.45. The first-order chi connectivity index (χ1) is 13.3. The summed E-state index contributed by atoms with van der Waals surface area (Å²) in [4.78, 5) is 24.0. The van der Waals surface area contributed by atoms with E-state index in [-0.39, 0.29) is 11.8 Å². The van der Waals surface area contributed by atoms with Crippen LogP contribution in [-0.4, -0.2) is 66.6 Å². The Morgan fingerprint density at radius 3 is 2.57 bits per heavy atom. The molecule has 1 saturated carbocycles. The normalized spacial score (nSPS) is 23.9. The second-order valence-corrected chi connectivity index (χ2v) is 10.5. The lowest BCUT2D eigenvalue weighted by Gasteiger charge is -2.34. The molecule has 8 nitrogen and oxygen atoms in total. The number of carbonyl (C=O) groups excluding carboxylic acids is 1. The molecule has 2 aliphatic heterocycles. The number of fused-ring (bicyclic) bond motifs is 1. The van der Waals surface area contributed by atoms with E-state index < -0.39 is 10.2 Å². The molecule has 9 heteroatoms. The highest BCUT2D eigenvalue weighted by Gasteiger charge is 2.36. The standard InChI is InChI=1S/C19H29N5O3S/c1-13-16-8-9-17(25)24(11-14-6-7-14)19(16)21-18(20-13)15-5-4-10-23(12-15)28(26,27)22(2)3/h14-15H,4-12H2,1-3H3/t15-/m1/s1. The van der Waals surface area contributed by atoms with Crippen LogP contribution in [-0.2, 0) is 21.4 Å². The van der Waals surface area contributed by atoms with E-state index in [0.717, 1.165) is 36.5 Å². The van der Waals surface area contributed by atoms with Gasteiger partial charge in [-0.25, -0.2) is 9.97 Å². The minimum atomic E-state index is -3.45. The Morgan fingerprint density at radius 1 is 1.14 bits per heavy atom. The van der Waals surface area contributed by atoms with E-state index >= 15 is 0 Å². The van der Waals surface area contributed by atoms with Gasteiger partial charge in [-0.3, -0.25) is 9.69 Å². The summed E-state index contributed by atoms with van der Waals surface area (Å²) in [6, 6.07) is 0. The lowest BCUT2D eigenvalue weighted by atomic mass is 9.97. The van der Waals surface area contributed by atoms with Gasteiger partial charge in [0, 0.05) is 57.3 Å². The maximum absolute atomic E-state index is 12.6. The van der Waals surface area contributed by atoms with Gasteiger partial charge in [0.1, 0.15) is 11.6 Å². The van der Waals surface area contributed by atoms with Crippen molar-refractivity contribution in [1.29, 1.82) is 0 Å². The van der Waals surface area contributed by atoms with Crippen molar-refractivity contribution in [1.82, 2.24) is 18.6 Å². The Labute approximate surface area is 167 Å². The number of piperidine rings is 1. The van der Waals surface area contributed by atoms with E-state index in [9.17, 15) is 13.2 Å². The summed E-state index contributed by atoms with van der Waals surface area (Å²) in [5, 5.41) is 0. The van der Waals surface area contributed by atoms with Crippen molar-refractivity contribution in [3.63, 3.8) is 0 Å². The predicted octanol–water partition coefficient (Wildman–Crippen LogP) is 1.46. The second-order valence-electron chi connectivity index (χ2n) is 8.40. The summed E-state index contributed by atoms with van der Waals surface area (Å²) < 4.78 is 27.9. The lowest BCUT2D eigenvalue weighted by molar-refractivity contribution is -0.119. The molecule has 0 spiro atoms. The molecule has 0 N–H and O–H groups in total. The van der Waals surface area contributed by atoms with Crippen LogP contribution in [0.2, 0.25) is 0 Å². The Hall–Kier alpha value is -1.58. The van der Waals surface area contributed by atoms with Crippen molar-refractivity contribution < 1.29 is 13.2 Å². The number of aromatic nitrogens is 2. The summed E-state index contributed by atoms with van der Waals surface area (Å²) in [7, 11) is -0.338. The topological polar surface area (TPSA) is 86.7 Å². The van der Waals surface area contributed by atoms with E-state index in [2.05, 4.69) is 0 Å².